The van der Waals surface area contributed by atoms with Crippen molar-refractivity contribution in [1.82, 2.24) is 9.97 Å². The van der Waals surface area contributed by atoms with Gasteiger partial charge >= 0.3 is 0 Å². The Morgan fingerprint density at radius 2 is 1.70 bits per heavy atom. The van der Waals surface area contributed by atoms with Crippen LogP contribution in [-0.4, -0.2) is 29.1 Å². The van der Waals surface area contributed by atoms with Crippen molar-refractivity contribution in [2.75, 3.05) is 23.7 Å². The quantitative estimate of drug-likeness (QED) is 0.872. The van der Waals surface area contributed by atoms with Crippen molar-refractivity contribution in [2.24, 2.45) is 5.73 Å². The van der Waals surface area contributed by atoms with Gasteiger partial charge in [-0.3, -0.25) is 0 Å². The highest BCUT2D eigenvalue weighted by molar-refractivity contribution is 5.85. The van der Waals surface area contributed by atoms with Gasteiger partial charge in [0.1, 0.15) is 5.82 Å². The molecule has 0 unspecified atom stereocenters. The maximum Gasteiger partial charge on any atom is 0.222 e. The van der Waals surface area contributed by atoms with E-state index in [4.69, 9.17) is 11.5 Å². The first-order chi connectivity index (χ1) is 8.72. The molecule has 2 fully saturated rings. The number of anilines is 2. The number of nitrogens with two attached hydrogens (primary N) is 2. The summed E-state index contributed by atoms with van der Waals surface area (Å²) in [4.78, 5) is 11.1. The standard InChI is InChI=1S/C13H21N5.2ClH/c14-10-6-9(7-10)11-8-12(17-13(15)16-11)18-4-2-1-3-5-18;;/h8-10H,1-7,14H2,(H2,15,16,17);2*1H. The highest BCUT2D eigenvalue weighted by Crippen LogP contribution is 2.36. The van der Waals surface area contributed by atoms with Gasteiger partial charge in [-0.25, -0.2) is 4.98 Å². The third kappa shape index (κ3) is 3.65. The van der Waals surface area contributed by atoms with Crippen molar-refractivity contribution in [2.45, 2.75) is 44.1 Å². The molecule has 0 amide bonds. The molecule has 1 aromatic heterocycles. The molecular weight excluding hydrogens is 297 g/mol. The summed E-state index contributed by atoms with van der Waals surface area (Å²) in [7, 11) is 0. The van der Waals surface area contributed by atoms with Gasteiger partial charge in [0.15, 0.2) is 0 Å². The normalized spacial score (nSPS) is 25.1. The van der Waals surface area contributed by atoms with Gasteiger partial charge in [0.05, 0.1) is 5.69 Å². The van der Waals surface area contributed by atoms with Crippen LogP contribution in [0.25, 0.3) is 0 Å². The SMILES string of the molecule is Cl.Cl.Nc1nc(C2CC(N)C2)cc(N2CCCCC2)n1. The Bertz CT molecular complexity index is 431. The summed E-state index contributed by atoms with van der Waals surface area (Å²) in [5.41, 5.74) is 12.8. The van der Waals surface area contributed by atoms with E-state index in [9.17, 15) is 0 Å². The average molecular weight is 320 g/mol. The molecule has 2 heterocycles. The maximum absolute atomic E-state index is 5.84. The first kappa shape index (κ1) is 17.3. The third-order valence-corrected chi connectivity index (χ3v) is 4.02. The van der Waals surface area contributed by atoms with Gasteiger partial charge in [-0.05, 0) is 32.1 Å². The molecule has 1 saturated carbocycles. The van der Waals surface area contributed by atoms with Crippen LogP contribution in [0.2, 0.25) is 0 Å². The summed E-state index contributed by atoms with van der Waals surface area (Å²) in [5, 5.41) is 0. The molecule has 0 radical (unpaired) electrons. The molecule has 114 valence electrons. The van der Waals surface area contributed by atoms with E-state index in [0.717, 1.165) is 37.4 Å². The molecule has 3 rings (SSSR count). The molecule has 1 aliphatic carbocycles. The van der Waals surface area contributed by atoms with Crippen LogP contribution in [0.4, 0.5) is 11.8 Å². The van der Waals surface area contributed by atoms with Crippen LogP contribution in [-0.2, 0) is 0 Å². The molecule has 1 aromatic rings. The molecule has 2 aliphatic rings. The monoisotopic (exact) mass is 319 g/mol. The smallest absolute Gasteiger partial charge is 0.222 e. The largest absolute Gasteiger partial charge is 0.368 e. The number of aromatic nitrogens is 2. The molecule has 1 saturated heterocycles. The lowest BCUT2D eigenvalue weighted by Crippen LogP contribution is -2.36. The Morgan fingerprint density at radius 1 is 1.05 bits per heavy atom. The number of rotatable bonds is 2. The fraction of sp³-hybridized carbons (Fsp3) is 0.692. The number of halogens is 2. The Balaban J connectivity index is 0.000001000. The number of hydrogen-bond acceptors (Lipinski definition) is 5. The molecule has 5 nitrogen and oxygen atoms in total. The second kappa shape index (κ2) is 7.29. The Kier molecular flexibility index (Phi) is 6.30. The van der Waals surface area contributed by atoms with Gasteiger partial charge in [0.2, 0.25) is 5.95 Å². The van der Waals surface area contributed by atoms with Gasteiger partial charge < -0.3 is 16.4 Å². The Labute approximate surface area is 132 Å². The summed E-state index contributed by atoms with van der Waals surface area (Å²) in [6.07, 6.45) is 5.86. The minimum atomic E-state index is 0. The lowest BCUT2D eigenvalue weighted by atomic mass is 9.78. The molecule has 0 atom stereocenters. The molecule has 0 bridgehead atoms. The Morgan fingerprint density at radius 3 is 2.30 bits per heavy atom. The van der Waals surface area contributed by atoms with E-state index < -0.39 is 0 Å². The number of nitrogen functional groups attached to an aromatic ring is 1. The summed E-state index contributed by atoms with van der Waals surface area (Å²) in [6.45, 7) is 2.17. The summed E-state index contributed by atoms with van der Waals surface area (Å²) >= 11 is 0. The average Bonchev–Trinajstić information content (AvgIpc) is 2.35. The van der Waals surface area contributed by atoms with Crippen molar-refractivity contribution in [3.8, 4) is 0 Å². The summed E-state index contributed by atoms with van der Waals surface area (Å²) < 4.78 is 0. The first-order valence-corrected chi connectivity index (χ1v) is 6.87. The van der Waals surface area contributed by atoms with Crippen LogP contribution < -0.4 is 16.4 Å². The lowest BCUT2D eigenvalue weighted by molar-refractivity contribution is 0.345. The zero-order valence-corrected chi connectivity index (χ0v) is 13.1. The fourth-order valence-electron chi connectivity index (χ4n) is 2.87. The van der Waals surface area contributed by atoms with E-state index in [1.165, 1.54) is 19.3 Å². The third-order valence-electron chi connectivity index (χ3n) is 4.02. The minimum absolute atomic E-state index is 0. The molecule has 0 spiro atoms. The lowest BCUT2D eigenvalue weighted by Gasteiger charge is -2.33. The molecule has 0 aromatic carbocycles. The van der Waals surface area contributed by atoms with E-state index in [2.05, 4.69) is 20.9 Å². The van der Waals surface area contributed by atoms with E-state index in [1.807, 2.05) is 0 Å². The van der Waals surface area contributed by atoms with Gasteiger partial charge in [0.25, 0.3) is 0 Å². The van der Waals surface area contributed by atoms with Crippen LogP contribution in [0.3, 0.4) is 0 Å². The predicted octanol–water partition coefficient (Wildman–Crippen LogP) is 2.10. The van der Waals surface area contributed by atoms with Crippen LogP contribution >= 0.6 is 24.8 Å². The molecule has 1 aliphatic heterocycles. The van der Waals surface area contributed by atoms with Crippen LogP contribution in [0.1, 0.15) is 43.7 Å². The van der Waals surface area contributed by atoms with E-state index in [1.54, 1.807) is 0 Å². The van der Waals surface area contributed by atoms with Gasteiger partial charge in [-0.15, -0.1) is 24.8 Å². The van der Waals surface area contributed by atoms with E-state index >= 15 is 0 Å². The summed E-state index contributed by atoms with van der Waals surface area (Å²) in [6, 6.07) is 2.45. The van der Waals surface area contributed by atoms with Crippen LogP contribution in [0.15, 0.2) is 6.07 Å². The molecule has 20 heavy (non-hydrogen) atoms. The topological polar surface area (TPSA) is 81.1 Å². The van der Waals surface area contributed by atoms with Crippen molar-refractivity contribution in [1.29, 1.82) is 0 Å². The summed E-state index contributed by atoms with van der Waals surface area (Å²) in [5.74, 6) is 1.88. The van der Waals surface area contributed by atoms with Gasteiger partial charge in [-0.2, -0.15) is 4.98 Å². The zero-order chi connectivity index (χ0) is 12.5. The minimum Gasteiger partial charge on any atom is -0.368 e. The maximum atomic E-state index is 5.84. The second-order valence-electron chi connectivity index (χ2n) is 5.49. The van der Waals surface area contributed by atoms with Gasteiger partial charge in [-0.1, -0.05) is 0 Å². The number of nitrogens with zero attached hydrogens (tertiary/aromatic N) is 3. The fourth-order valence-corrected chi connectivity index (χ4v) is 2.87. The predicted molar refractivity (Wildman–Crippen MR) is 87.0 cm³/mol. The van der Waals surface area contributed by atoms with Crippen molar-refractivity contribution in [3.63, 3.8) is 0 Å². The number of piperidine rings is 1. The van der Waals surface area contributed by atoms with Crippen molar-refractivity contribution in [3.05, 3.63) is 11.8 Å². The van der Waals surface area contributed by atoms with Crippen LogP contribution in [0, 0.1) is 0 Å². The highest BCUT2D eigenvalue weighted by atomic mass is 35.5. The first-order valence-electron chi connectivity index (χ1n) is 6.87. The van der Waals surface area contributed by atoms with Crippen molar-refractivity contribution >= 4 is 36.6 Å². The second-order valence-corrected chi connectivity index (χ2v) is 5.49. The number of hydrogen-bond donors (Lipinski definition) is 2. The van der Waals surface area contributed by atoms with Gasteiger partial charge in [0, 0.05) is 31.1 Å². The Hall–Kier alpha value is -0.780. The molecule has 7 heteroatoms. The highest BCUT2D eigenvalue weighted by Gasteiger charge is 2.29. The zero-order valence-electron chi connectivity index (χ0n) is 11.5. The van der Waals surface area contributed by atoms with Crippen molar-refractivity contribution < 1.29 is 0 Å². The molecular formula is C13H23Cl2N5. The van der Waals surface area contributed by atoms with E-state index in [-0.39, 0.29) is 24.8 Å². The van der Waals surface area contributed by atoms with E-state index in [0.29, 0.717) is 17.9 Å². The van der Waals surface area contributed by atoms with Crippen LogP contribution in [0.5, 0.6) is 0 Å². The molecule has 4 N–H and O–H groups in total.